The number of rotatable bonds is 7. The Kier molecular flexibility index (Phi) is 7.79. The molecule has 30 heavy (non-hydrogen) atoms. The van der Waals surface area contributed by atoms with Crippen LogP contribution in [0.3, 0.4) is 0 Å². The van der Waals surface area contributed by atoms with Crippen LogP contribution in [0.25, 0.3) is 0 Å². The molecule has 0 aromatic heterocycles. The van der Waals surface area contributed by atoms with Gasteiger partial charge in [-0.2, -0.15) is 0 Å². The fraction of sp³-hybridized carbons (Fsp3) is 0.524. The van der Waals surface area contributed by atoms with Crippen LogP contribution < -0.4 is 10.6 Å². The van der Waals surface area contributed by atoms with E-state index in [1.807, 2.05) is 30.3 Å². The van der Waals surface area contributed by atoms with Gasteiger partial charge in [-0.15, -0.1) is 0 Å². The van der Waals surface area contributed by atoms with Crippen molar-refractivity contribution in [3.05, 3.63) is 35.9 Å². The van der Waals surface area contributed by atoms with E-state index < -0.39 is 41.6 Å². The zero-order valence-electron chi connectivity index (χ0n) is 17.5. The topological polar surface area (TPSA) is 125 Å². The normalized spacial score (nSPS) is 17.2. The first-order valence-electron chi connectivity index (χ1n) is 9.90. The van der Waals surface area contributed by atoms with E-state index in [0.29, 0.717) is 19.4 Å². The zero-order chi connectivity index (χ0) is 22.3. The lowest BCUT2D eigenvalue weighted by atomic mass is 10.1. The molecule has 1 aromatic carbocycles. The number of aliphatic carboxylic acids is 1. The maximum atomic E-state index is 12.7. The van der Waals surface area contributed by atoms with Gasteiger partial charge in [0, 0.05) is 13.0 Å². The molecule has 9 nitrogen and oxygen atoms in total. The lowest BCUT2D eigenvalue weighted by Gasteiger charge is -2.24. The summed E-state index contributed by atoms with van der Waals surface area (Å²) in [5.74, 6) is -2.08. The summed E-state index contributed by atoms with van der Waals surface area (Å²) in [5.41, 5.74) is 0.0978. The van der Waals surface area contributed by atoms with E-state index in [-0.39, 0.29) is 13.0 Å². The third-order valence-corrected chi connectivity index (χ3v) is 4.56. The van der Waals surface area contributed by atoms with Crippen molar-refractivity contribution >= 4 is 23.9 Å². The molecule has 1 aliphatic rings. The van der Waals surface area contributed by atoms with Crippen LogP contribution in [0, 0.1) is 0 Å². The molecule has 3 N–H and O–H groups in total. The molecule has 1 fully saturated rings. The molecule has 0 unspecified atom stereocenters. The predicted octanol–water partition coefficient (Wildman–Crippen LogP) is 1.31. The summed E-state index contributed by atoms with van der Waals surface area (Å²) >= 11 is 0. The van der Waals surface area contributed by atoms with Crippen molar-refractivity contribution in [3.63, 3.8) is 0 Å². The highest BCUT2D eigenvalue weighted by Gasteiger charge is 2.34. The van der Waals surface area contributed by atoms with Gasteiger partial charge in [0.2, 0.25) is 11.8 Å². The van der Waals surface area contributed by atoms with Gasteiger partial charge in [0.25, 0.3) is 0 Å². The minimum absolute atomic E-state index is 0.210. The van der Waals surface area contributed by atoms with Crippen molar-refractivity contribution < 1.29 is 29.0 Å². The van der Waals surface area contributed by atoms with E-state index in [0.717, 1.165) is 5.56 Å². The first-order valence-corrected chi connectivity index (χ1v) is 9.90. The number of carboxylic acid groups (broad SMARTS) is 1. The molecule has 2 rings (SSSR count). The molecule has 1 heterocycles. The van der Waals surface area contributed by atoms with Gasteiger partial charge >= 0.3 is 12.1 Å². The highest BCUT2D eigenvalue weighted by atomic mass is 16.6. The van der Waals surface area contributed by atoms with Gasteiger partial charge in [-0.25, -0.2) is 9.59 Å². The number of hydrogen-bond acceptors (Lipinski definition) is 5. The van der Waals surface area contributed by atoms with E-state index in [1.54, 1.807) is 20.8 Å². The second-order valence-corrected chi connectivity index (χ2v) is 8.19. The minimum atomic E-state index is -1.05. The number of ether oxygens (including phenoxy) is 1. The quantitative estimate of drug-likeness (QED) is 0.612. The molecule has 9 heteroatoms. The number of carbonyl (C=O) groups is 4. The Morgan fingerprint density at radius 2 is 1.87 bits per heavy atom. The first kappa shape index (κ1) is 23.2. The molecule has 164 valence electrons. The highest BCUT2D eigenvalue weighted by Crippen LogP contribution is 2.17. The fourth-order valence-electron chi connectivity index (χ4n) is 3.22. The summed E-state index contributed by atoms with van der Waals surface area (Å²) in [6, 6.07) is 7.31. The van der Waals surface area contributed by atoms with Crippen molar-refractivity contribution in [1.82, 2.24) is 15.5 Å². The number of carboxylic acids is 1. The molecule has 1 saturated heterocycles. The number of nitrogens with zero attached hydrogens (tertiary/aromatic N) is 1. The van der Waals surface area contributed by atoms with E-state index in [1.165, 1.54) is 4.90 Å². The number of benzene rings is 1. The van der Waals surface area contributed by atoms with Crippen LogP contribution in [0.2, 0.25) is 0 Å². The van der Waals surface area contributed by atoms with Gasteiger partial charge in [-0.1, -0.05) is 30.3 Å². The summed E-state index contributed by atoms with van der Waals surface area (Å²) in [4.78, 5) is 49.8. The number of amides is 3. The second kappa shape index (κ2) is 10.1. The first-order chi connectivity index (χ1) is 14.1. The Morgan fingerprint density at radius 1 is 1.20 bits per heavy atom. The van der Waals surface area contributed by atoms with Gasteiger partial charge in [-0.05, 0) is 39.2 Å². The molecule has 0 spiro atoms. The van der Waals surface area contributed by atoms with E-state index in [9.17, 15) is 24.3 Å². The lowest BCUT2D eigenvalue weighted by Crippen LogP contribution is -2.52. The third kappa shape index (κ3) is 7.06. The molecule has 1 aliphatic heterocycles. The molecule has 0 bridgehead atoms. The van der Waals surface area contributed by atoms with Crippen LogP contribution in [0.1, 0.15) is 39.2 Å². The van der Waals surface area contributed by atoms with E-state index in [2.05, 4.69) is 10.6 Å². The smallest absolute Gasteiger partial charge is 0.408 e. The maximum absolute atomic E-state index is 12.7. The Morgan fingerprint density at radius 3 is 2.47 bits per heavy atom. The van der Waals surface area contributed by atoms with Gasteiger partial charge in [0.1, 0.15) is 17.7 Å². The monoisotopic (exact) mass is 419 g/mol. The summed E-state index contributed by atoms with van der Waals surface area (Å²) in [6.07, 6.45) is 0.469. The van der Waals surface area contributed by atoms with E-state index >= 15 is 0 Å². The van der Waals surface area contributed by atoms with Crippen LogP contribution >= 0.6 is 0 Å². The number of alkyl carbamates (subject to hydrolysis) is 1. The van der Waals surface area contributed by atoms with Crippen molar-refractivity contribution in [1.29, 1.82) is 0 Å². The summed E-state index contributed by atoms with van der Waals surface area (Å²) in [5, 5.41) is 14.3. The zero-order valence-corrected chi connectivity index (χ0v) is 17.5. The predicted molar refractivity (Wildman–Crippen MR) is 109 cm³/mol. The van der Waals surface area contributed by atoms with Crippen LogP contribution in [-0.4, -0.2) is 64.7 Å². The van der Waals surface area contributed by atoms with Crippen LogP contribution in [0.4, 0.5) is 4.79 Å². The Bertz CT molecular complexity index is 775. The highest BCUT2D eigenvalue weighted by molar-refractivity contribution is 5.91. The number of hydrogen-bond donors (Lipinski definition) is 3. The number of likely N-dealkylation sites (tertiary alicyclic amines) is 1. The molecular formula is C21H29N3O6. The minimum Gasteiger partial charge on any atom is -0.480 e. The molecule has 3 amide bonds. The van der Waals surface area contributed by atoms with E-state index in [4.69, 9.17) is 4.74 Å². The van der Waals surface area contributed by atoms with Crippen molar-refractivity contribution in [3.8, 4) is 0 Å². The Hall–Kier alpha value is -3.10. The van der Waals surface area contributed by atoms with Crippen molar-refractivity contribution in [2.45, 2.75) is 57.7 Å². The fourth-order valence-corrected chi connectivity index (χ4v) is 3.22. The molecule has 0 radical (unpaired) electrons. The molecule has 0 aliphatic carbocycles. The average molecular weight is 419 g/mol. The van der Waals surface area contributed by atoms with Gasteiger partial charge < -0.3 is 25.4 Å². The number of carbonyl (C=O) groups excluding carboxylic acids is 3. The van der Waals surface area contributed by atoms with Gasteiger partial charge in [0.05, 0.1) is 6.54 Å². The SMILES string of the molecule is CC(C)(C)OC(=O)N[C@@H](Cc1ccccc1)C(=O)NCC(=O)N1CCC[C@H]1C(=O)O. The largest absolute Gasteiger partial charge is 0.480 e. The summed E-state index contributed by atoms with van der Waals surface area (Å²) in [7, 11) is 0. The van der Waals surface area contributed by atoms with Crippen LogP contribution in [0.5, 0.6) is 0 Å². The van der Waals surface area contributed by atoms with Crippen molar-refractivity contribution in [2.75, 3.05) is 13.1 Å². The lowest BCUT2D eigenvalue weighted by molar-refractivity contribution is -0.148. The Labute approximate surface area is 175 Å². The Balaban J connectivity index is 2.01. The molecule has 2 atom stereocenters. The van der Waals surface area contributed by atoms with Crippen molar-refractivity contribution in [2.24, 2.45) is 0 Å². The molecule has 1 aromatic rings. The number of nitrogens with one attached hydrogen (secondary N) is 2. The maximum Gasteiger partial charge on any atom is 0.408 e. The molecular weight excluding hydrogens is 390 g/mol. The second-order valence-electron chi connectivity index (χ2n) is 8.19. The van der Waals surface area contributed by atoms with Gasteiger partial charge in [-0.3, -0.25) is 9.59 Å². The van der Waals surface area contributed by atoms with Crippen LogP contribution in [-0.2, 0) is 25.5 Å². The van der Waals surface area contributed by atoms with Gasteiger partial charge in [0.15, 0.2) is 0 Å². The third-order valence-electron chi connectivity index (χ3n) is 4.56. The standard InChI is InChI=1S/C21H29N3O6/c1-21(2,3)30-20(29)23-15(12-14-8-5-4-6-9-14)18(26)22-13-17(25)24-11-7-10-16(24)19(27)28/h4-6,8-9,15-16H,7,10-13H2,1-3H3,(H,22,26)(H,23,29)(H,27,28)/t15-,16-/m0/s1. The summed E-state index contributed by atoms with van der Waals surface area (Å²) < 4.78 is 5.23. The van der Waals surface area contributed by atoms with Crippen LogP contribution in [0.15, 0.2) is 30.3 Å². The summed E-state index contributed by atoms with van der Waals surface area (Å²) in [6.45, 7) is 5.14. The average Bonchev–Trinajstić information content (AvgIpc) is 3.15. The molecule has 0 saturated carbocycles.